The Labute approximate surface area is 110 Å². The van der Waals surface area contributed by atoms with Crippen molar-refractivity contribution in [1.29, 1.82) is 0 Å². The van der Waals surface area contributed by atoms with Crippen LogP contribution in [0.15, 0.2) is 5.38 Å². The standard InChI is InChI=1S/C12H19N3O2S/c13-5-11-15-10(7-18-11)12(17)14-6-8-1-3-9(16)4-2-8/h7-9,16H,1-6,13H2,(H,14,17). The average molecular weight is 269 g/mol. The maximum Gasteiger partial charge on any atom is 0.270 e. The monoisotopic (exact) mass is 269 g/mol. The molecule has 1 heterocycles. The molecule has 18 heavy (non-hydrogen) atoms. The number of rotatable bonds is 4. The Morgan fingerprint density at radius 1 is 1.50 bits per heavy atom. The first-order valence-electron chi connectivity index (χ1n) is 6.29. The zero-order valence-corrected chi connectivity index (χ0v) is 11.1. The smallest absolute Gasteiger partial charge is 0.270 e. The molecule has 6 heteroatoms. The van der Waals surface area contributed by atoms with Crippen LogP contribution in [0.4, 0.5) is 0 Å². The highest BCUT2D eigenvalue weighted by Gasteiger charge is 2.20. The molecule has 0 spiro atoms. The van der Waals surface area contributed by atoms with E-state index in [-0.39, 0.29) is 12.0 Å². The summed E-state index contributed by atoms with van der Waals surface area (Å²) in [5, 5.41) is 14.8. The summed E-state index contributed by atoms with van der Waals surface area (Å²) in [6.45, 7) is 1.04. The number of amides is 1. The van der Waals surface area contributed by atoms with E-state index in [2.05, 4.69) is 10.3 Å². The summed E-state index contributed by atoms with van der Waals surface area (Å²) in [5.41, 5.74) is 5.91. The van der Waals surface area contributed by atoms with Crippen LogP contribution in [0, 0.1) is 5.92 Å². The van der Waals surface area contributed by atoms with Gasteiger partial charge >= 0.3 is 0 Å². The van der Waals surface area contributed by atoms with Crippen molar-refractivity contribution in [3.63, 3.8) is 0 Å². The summed E-state index contributed by atoms with van der Waals surface area (Å²) in [4.78, 5) is 16.0. The van der Waals surface area contributed by atoms with Gasteiger partial charge in [0.15, 0.2) is 0 Å². The maximum absolute atomic E-state index is 11.8. The van der Waals surface area contributed by atoms with E-state index in [1.54, 1.807) is 5.38 Å². The summed E-state index contributed by atoms with van der Waals surface area (Å²) < 4.78 is 0. The minimum absolute atomic E-state index is 0.128. The van der Waals surface area contributed by atoms with E-state index in [1.807, 2.05) is 0 Å². The quantitative estimate of drug-likeness (QED) is 0.757. The van der Waals surface area contributed by atoms with Gasteiger partial charge in [0.2, 0.25) is 0 Å². The van der Waals surface area contributed by atoms with E-state index >= 15 is 0 Å². The Bertz CT molecular complexity index is 400. The zero-order valence-electron chi connectivity index (χ0n) is 10.3. The van der Waals surface area contributed by atoms with Crippen molar-refractivity contribution < 1.29 is 9.90 Å². The van der Waals surface area contributed by atoms with Crippen LogP contribution >= 0.6 is 11.3 Å². The van der Waals surface area contributed by atoms with E-state index in [4.69, 9.17) is 5.73 Å². The second-order valence-corrected chi connectivity index (χ2v) is 5.66. The molecule has 1 saturated carbocycles. The van der Waals surface area contributed by atoms with Gasteiger partial charge in [0.05, 0.1) is 6.10 Å². The molecular formula is C12H19N3O2S. The van der Waals surface area contributed by atoms with E-state index in [1.165, 1.54) is 11.3 Å². The van der Waals surface area contributed by atoms with Crippen molar-refractivity contribution in [3.8, 4) is 0 Å². The number of aromatic nitrogens is 1. The molecule has 1 aliphatic carbocycles. The minimum atomic E-state index is -0.150. The number of hydrogen-bond acceptors (Lipinski definition) is 5. The van der Waals surface area contributed by atoms with Crippen molar-refractivity contribution in [1.82, 2.24) is 10.3 Å². The van der Waals surface area contributed by atoms with E-state index in [9.17, 15) is 9.90 Å². The van der Waals surface area contributed by atoms with Gasteiger partial charge in [0.1, 0.15) is 10.7 Å². The summed E-state index contributed by atoms with van der Waals surface area (Å²) in [5.74, 6) is 0.349. The SMILES string of the molecule is NCc1nc(C(=O)NCC2CCC(O)CC2)cs1. The van der Waals surface area contributed by atoms with Gasteiger partial charge in [0.25, 0.3) is 5.91 Å². The predicted molar refractivity (Wildman–Crippen MR) is 70.3 cm³/mol. The molecule has 0 atom stereocenters. The van der Waals surface area contributed by atoms with Gasteiger partial charge in [-0.2, -0.15) is 0 Å². The number of nitrogens with two attached hydrogens (primary N) is 1. The summed E-state index contributed by atoms with van der Waals surface area (Å²) in [7, 11) is 0. The topological polar surface area (TPSA) is 88.2 Å². The lowest BCUT2D eigenvalue weighted by Gasteiger charge is -2.25. The first kappa shape index (κ1) is 13.5. The fourth-order valence-corrected chi connectivity index (χ4v) is 2.84. The van der Waals surface area contributed by atoms with Crippen LogP contribution < -0.4 is 11.1 Å². The Hall–Kier alpha value is -0.980. The van der Waals surface area contributed by atoms with Gasteiger partial charge in [-0.15, -0.1) is 11.3 Å². The van der Waals surface area contributed by atoms with Crippen LogP contribution in [-0.4, -0.2) is 28.6 Å². The first-order chi connectivity index (χ1) is 8.69. The molecule has 100 valence electrons. The lowest BCUT2D eigenvalue weighted by atomic mass is 9.87. The van der Waals surface area contributed by atoms with Gasteiger partial charge < -0.3 is 16.2 Å². The summed E-state index contributed by atoms with van der Waals surface area (Å²) >= 11 is 1.41. The normalized spacial score (nSPS) is 23.9. The van der Waals surface area contributed by atoms with E-state index in [0.29, 0.717) is 24.7 Å². The molecule has 0 radical (unpaired) electrons. The maximum atomic E-state index is 11.8. The Balaban J connectivity index is 1.77. The number of aliphatic hydroxyl groups excluding tert-OH is 1. The largest absolute Gasteiger partial charge is 0.393 e. The van der Waals surface area contributed by atoms with Crippen molar-refractivity contribution in [2.75, 3.05) is 6.54 Å². The first-order valence-corrected chi connectivity index (χ1v) is 7.17. The molecule has 0 unspecified atom stereocenters. The molecule has 1 amide bonds. The molecule has 0 aromatic carbocycles. The van der Waals surface area contributed by atoms with Gasteiger partial charge in [0, 0.05) is 18.5 Å². The molecule has 0 aliphatic heterocycles. The summed E-state index contributed by atoms with van der Waals surface area (Å²) in [6.07, 6.45) is 3.49. The van der Waals surface area contributed by atoms with E-state index < -0.39 is 0 Å². The van der Waals surface area contributed by atoms with Crippen molar-refractivity contribution in [2.45, 2.75) is 38.3 Å². The number of hydrogen-bond donors (Lipinski definition) is 3. The van der Waals surface area contributed by atoms with Crippen molar-refractivity contribution in [3.05, 3.63) is 16.1 Å². The molecule has 0 saturated heterocycles. The number of aliphatic hydroxyl groups is 1. The van der Waals surface area contributed by atoms with Gasteiger partial charge in [-0.1, -0.05) is 0 Å². The number of nitrogens with one attached hydrogen (secondary N) is 1. The second-order valence-electron chi connectivity index (χ2n) is 4.72. The summed E-state index contributed by atoms with van der Waals surface area (Å²) in [6, 6.07) is 0. The van der Waals surface area contributed by atoms with E-state index in [0.717, 1.165) is 30.7 Å². The fraction of sp³-hybridized carbons (Fsp3) is 0.667. The Morgan fingerprint density at radius 3 is 2.83 bits per heavy atom. The molecular weight excluding hydrogens is 250 g/mol. The molecule has 1 fully saturated rings. The fourth-order valence-electron chi connectivity index (χ4n) is 2.19. The van der Waals surface area contributed by atoms with Gasteiger partial charge in [-0.3, -0.25) is 4.79 Å². The van der Waals surface area contributed by atoms with Crippen molar-refractivity contribution in [2.24, 2.45) is 11.7 Å². The van der Waals surface area contributed by atoms with Crippen molar-refractivity contribution >= 4 is 17.2 Å². The zero-order chi connectivity index (χ0) is 13.0. The number of nitrogens with zero attached hydrogens (tertiary/aromatic N) is 1. The third kappa shape index (κ3) is 3.51. The highest BCUT2D eigenvalue weighted by atomic mass is 32.1. The molecule has 0 bridgehead atoms. The van der Waals surface area contributed by atoms with Gasteiger partial charge in [-0.05, 0) is 31.6 Å². The Morgan fingerprint density at radius 2 is 2.22 bits per heavy atom. The number of thiazole rings is 1. The average Bonchev–Trinajstić information content (AvgIpc) is 2.86. The highest BCUT2D eigenvalue weighted by molar-refractivity contribution is 7.09. The molecule has 1 aromatic rings. The van der Waals surface area contributed by atoms with Crippen LogP contribution in [0.25, 0.3) is 0 Å². The lowest BCUT2D eigenvalue weighted by Crippen LogP contribution is -2.32. The Kier molecular flexibility index (Phi) is 4.68. The van der Waals surface area contributed by atoms with Crippen LogP contribution in [0.2, 0.25) is 0 Å². The number of carbonyl (C=O) groups excluding carboxylic acids is 1. The lowest BCUT2D eigenvalue weighted by molar-refractivity contribution is 0.0906. The highest BCUT2D eigenvalue weighted by Crippen LogP contribution is 2.23. The predicted octanol–water partition coefficient (Wildman–Crippen LogP) is 0.883. The van der Waals surface area contributed by atoms with Crippen LogP contribution in [0.1, 0.15) is 41.2 Å². The molecule has 1 aliphatic rings. The van der Waals surface area contributed by atoms with Crippen LogP contribution in [0.5, 0.6) is 0 Å². The van der Waals surface area contributed by atoms with Crippen LogP contribution in [0.3, 0.4) is 0 Å². The van der Waals surface area contributed by atoms with Gasteiger partial charge in [-0.25, -0.2) is 4.98 Å². The molecule has 1 aromatic heterocycles. The third-order valence-electron chi connectivity index (χ3n) is 3.33. The minimum Gasteiger partial charge on any atom is -0.393 e. The molecule has 5 nitrogen and oxygen atoms in total. The van der Waals surface area contributed by atoms with Crippen LogP contribution in [-0.2, 0) is 6.54 Å². The molecule has 4 N–H and O–H groups in total. The second kappa shape index (κ2) is 6.26. The molecule has 2 rings (SSSR count). The third-order valence-corrected chi connectivity index (χ3v) is 4.20. The number of carbonyl (C=O) groups is 1.